The number of nitrogens with one attached hydrogen (secondary N) is 1. The van der Waals surface area contributed by atoms with E-state index in [0.717, 1.165) is 6.42 Å². The smallest absolute Gasteiger partial charge is 0.233 e. The molecule has 4 N–H and O–H groups in total. The van der Waals surface area contributed by atoms with Crippen LogP contribution >= 0.6 is 0 Å². The molecule has 0 spiro atoms. The molecule has 1 aliphatic carbocycles. The van der Waals surface area contributed by atoms with Crippen LogP contribution in [0.25, 0.3) is 0 Å². The fraction of sp³-hybridized carbons (Fsp3) is 0.833. The van der Waals surface area contributed by atoms with Crippen molar-refractivity contribution in [1.82, 2.24) is 5.32 Å². The SMILES string of the molecule is CC(C)CCNC(=O)C1(C(N)=NO)CC(C)C1. The Morgan fingerprint density at radius 1 is 1.59 bits per heavy atom. The summed E-state index contributed by atoms with van der Waals surface area (Å²) in [5.41, 5.74) is 4.87. The minimum absolute atomic E-state index is 0.0395. The van der Waals surface area contributed by atoms with E-state index in [1.807, 2.05) is 0 Å². The van der Waals surface area contributed by atoms with Gasteiger partial charge < -0.3 is 16.3 Å². The van der Waals surface area contributed by atoms with Crippen LogP contribution in [0.3, 0.4) is 0 Å². The van der Waals surface area contributed by atoms with E-state index in [0.29, 0.717) is 31.2 Å². The van der Waals surface area contributed by atoms with E-state index in [2.05, 4.69) is 31.2 Å². The number of amidine groups is 1. The van der Waals surface area contributed by atoms with Crippen molar-refractivity contribution in [2.45, 2.75) is 40.0 Å². The highest BCUT2D eigenvalue weighted by molar-refractivity contribution is 6.07. The Morgan fingerprint density at radius 3 is 2.59 bits per heavy atom. The summed E-state index contributed by atoms with van der Waals surface area (Å²) in [6.07, 6.45) is 2.26. The maximum Gasteiger partial charge on any atom is 0.233 e. The molecule has 17 heavy (non-hydrogen) atoms. The largest absolute Gasteiger partial charge is 0.409 e. The Hall–Kier alpha value is -1.26. The first-order valence-corrected chi connectivity index (χ1v) is 6.18. The molecule has 0 bridgehead atoms. The molecule has 1 saturated carbocycles. The highest BCUT2D eigenvalue weighted by atomic mass is 16.4. The van der Waals surface area contributed by atoms with Crippen LogP contribution in [0.2, 0.25) is 0 Å². The minimum atomic E-state index is -0.773. The standard InChI is InChI=1S/C12H23N3O2/c1-8(2)4-5-14-11(16)12(10(13)15-17)6-9(3)7-12/h8-9,17H,4-7H2,1-3H3,(H2,13,15)(H,14,16). The second-order valence-corrected chi connectivity index (χ2v) is 5.52. The molecule has 1 aliphatic rings. The van der Waals surface area contributed by atoms with Gasteiger partial charge in [-0.3, -0.25) is 4.79 Å². The zero-order chi connectivity index (χ0) is 13.1. The van der Waals surface area contributed by atoms with E-state index in [9.17, 15) is 4.79 Å². The van der Waals surface area contributed by atoms with Crippen molar-refractivity contribution >= 4 is 11.7 Å². The van der Waals surface area contributed by atoms with Crippen molar-refractivity contribution in [3.63, 3.8) is 0 Å². The topological polar surface area (TPSA) is 87.7 Å². The molecule has 1 amide bonds. The number of nitrogens with zero attached hydrogens (tertiary/aromatic N) is 1. The van der Waals surface area contributed by atoms with Gasteiger partial charge in [0, 0.05) is 6.54 Å². The molecule has 0 aromatic heterocycles. The van der Waals surface area contributed by atoms with Crippen LogP contribution in [0, 0.1) is 17.3 Å². The van der Waals surface area contributed by atoms with Crippen LogP contribution in [0.15, 0.2) is 5.16 Å². The van der Waals surface area contributed by atoms with E-state index in [1.54, 1.807) is 0 Å². The number of amides is 1. The molecule has 5 heteroatoms. The van der Waals surface area contributed by atoms with Gasteiger partial charge in [-0.25, -0.2) is 0 Å². The first-order chi connectivity index (χ1) is 7.92. The second-order valence-electron chi connectivity index (χ2n) is 5.52. The average Bonchev–Trinajstić information content (AvgIpc) is 2.22. The Kier molecular flexibility index (Phi) is 4.37. The van der Waals surface area contributed by atoms with Crippen molar-refractivity contribution in [2.24, 2.45) is 28.1 Å². The first-order valence-electron chi connectivity index (χ1n) is 6.18. The van der Waals surface area contributed by atoms with Gasteiger partial charge in [0.15, 0.2) is 5.84 Å². The van der Waals surface area contributed by atoms with Crippen LogP contribution in [0.5, 0.6) is 0 Å². The fourth-order valence-electron chi connectivity index (χ4n) is 2.38. The van der Waals surface area contributed by atoms with Crippen molar-refractivity contribution in [3.05, 3.63) is 0 Å². The highest BCUT2D eigenvalue weighted by Crippen LogP contribution is 2.45. The summed E-state index contributed by atoms with van der Waals surface area (Å²) in [6, 6.07) is 0. The maximum atomic E-state index is 12.1. The van der Waals surface area contributed by atoms with E-state index < -0.39 is 5.41 Å². The molecule has 0 heterocycles. The molecule has 5 nitrogen and oxygen atoms in total. The number of nitrogens with two attached hydrogens (primary N) is 1. The Labute approximate surface area is 102 Å². The van der Waals surface area contributed by atoms with Gasteiger partial charge in [-0.15, -0.1) is 0 Å². The lowest BCUT2D eigenvalue weighted by Gasteiger charge is -2.43. The van der Waals surface area contributed by atoms with Gasteiger partial charge in [0.1, 0.15) is 5.41 Å². The van der Waals surface area contributed by atoms with Gasteiger partial charge in [0.2, 0.25) is 5.91 Å². The van der Waals surface area contributed by atoms with Crippen LogP contribution in [0.4, 0.5) is 0 Å². The number of oxime groups is 1. The van der Waals surface area contributed by atoms with E-state index >= 15 is 0 Å². The summed E-state index contributed by atoms with van der Waals surface area (Å²) in [5.74, 6) is 0.936. The van der Waals surface area contributed by atoms with E-state index in [4.69, 9.17) is 10.9 Å². The summed E-state index contributed by atoms with van der Waals surface area (Å²) in [6.45, 7) is 6.92. The molecule has 1 fully saturated rings. The molecule has 0 radical (unpaired) electrons. The van der Waals surface area contributed by atoms with Gasteiger partial charge in [0.25, 0.3) is 0 Å². The molecule has 0 aliphatic heterocycles. The van der Waals surface area contributed by atoms with Crippen molar-refractivity contribution in [2.75, 3.05) is 6.54 Å². The van der Waals surface area contributed by atoms with Crippen LogP contribution in [0.1, 0.15) is 40.0 Å². The third-order valence-electron chi connectivity index (χ3n) is 3.43. The molecule has 0 aromatic rings. The molecular weight excluding hydrogens is 218 g/mol. The Balaban J connectivity index is 2.57. The number of hydrogen-bond acceptors (Lipinski definition) is 3. The summed E-state index contributed by atoms with van der Waals surface area (Å²) in [5, 5.41) is 14.7. The number of carbonyl (C=O) groups excluding carboxylic acids is 1. The van der Waals surface area contributed by atoms with Crippen molar-refractivity contribution in [3.8, 4) is 0 Å². The van der Waals surface area contributed by atoms with Crippen LogP contribution in [-0.2, 0) is 4.79 Å². The second kappa shape index (κ2) is 5.38. The summed E-state index contributed by atoms with van der Waals surface area (Å²) >= 11 is 0. The molecular formula is C12H23N3O2. The molecule has 0 aromatic carbocycles. The fourth-order valence-corrected chi connectivity index (χ4v) is 2.38. The lowest BCUT2D eigenvalue weighted by Crippen LogP contribution is -2.56. The van der Waals surface area contributed by atoms with E-state index in [1.165, 1.54) is 0 Å². The summed E-state index contributed by atoms with van der Waals surface area (Å²) in [7, 11) is 0. The minimum Gasteiger partial charge on any atom is -0.409 e. The monoisotopic (exact) mass is 241 g/mol. The molecule has 0 unspecified atom stereocenters. The predicted octanol–water partition coefficient (Wildman–Crippen LogP) is 1.31. The third kappa shape index (κ3) is 2.90. The van der Waals surface area contributed by atoms with Crippen LogP contribution in [-0.4, -0.2) is 23.5 Å². The molecule has 0 saturated heterocycles. The van der Waals surface area contributed by atoms with Crippen LogP contribution < -0.4 is 11.1 Å². The summed E-state index contributed by atoms with van der Waals surface area (Å²) < 4.78 is 0. The Bertz CT molecular complexity index is 307. The van der Waals surface area contributed by atoms with Crippen molar-refractivity contribution < 1.29 is 10.0 Å². The summed E-state index contributed by atoms with van der Waals surface area (Å²) in [4.78, 5) is 12.1. The predicted molar refractivity (Wildman–Crippen MR) is 66.7 cm³/mol. The van der Waals surface area contributed by atoms with Gasteiger partial charge in [-0.1, -0.05) is 25.9 Å². The quantitative estimate of drug-likeness (QED) is 0.293. The van der Waals surface area contributed by atoms with Crippen molar-refractivity contribution in [1.29, 1.82) is 0 Å². The molecule has 1 rings (SSSR count). The number of rotatable bonds is 5. The van der Waals surface area contributed by atoms with Gasteiger partial charge in [-0.2, -0.15) is 0 Å². The zero-order valence-corrected chi connectivity index (χ0v) is 10.9. The maximum absolute atomic E-state index is 12.1. The lowest BCUT2D eigenvalue weighted by atomic mass is 9.61. The normalized spacial score (nSPS) is 28.9. The van der Waals surface area contributed by atoms with Gasteiger partial charge in [-0.05, 0) is 31.1 Å². The number of hydrogen-bond donors (Lipinski definition) is 3. The lowest BCUT2D eigenvalue weighted by molar-refractivity contribution is -0.133. The number of carbonyl (C=O) groups is 1. The van der Waals surface area contributed by atoms with E-state index in [-0.39, 0.29) is 11.7 Å². The molecule has 98 valence electrons. The third-order valence-corrected chi connectivity index (χ3v) is 3.43. The highest BCUT2D eigenvalue weighted by Gasteiger charge is 2.51. The zero-order valence-electron chi connectivity index (χ0n) is 10.9. The molecule has 0 atom stereocenters. The average molecular weight is 241 g/mol. The van der Waals surface area contributed by atoms with Gasteiger partial charge >= 0.3 is 0 Å². The Morgan fingerprint density at radius 2 is 2.18 bits per heavy atom. The van der Waals surface area contributed by atoms with Gasteiger partial charge in [0.05, 0.1) is 0 Å². The first kappa shape index (κ1) is 13.8.